The van der Waals surface area contributed by atoms with E-state index in [0.29, 0.717) is 18.1 Å². The molecule has 3 rings (SSSR count). The normalized spacial score (nSPS) is 21.5. The van der Waals surface area contributed by atoms with Crippen molar-refractivity contribution in [1.29, 1.82) is 0 Å². The molecule has 0 aromatic carbocycles. The number of aryl methyl sites for hydroxylation is 1. The van der Waals surface area contributed by atoms with Crippen molar-refractivity contribution in [3.63, 3.8) is 0 Å². The van der Waals surface area contributed by atoms with Gasteiger partial charge in [0.2, 0.25) is 17.7 Å². The van der Waals surface area contributed by atoms with Crippen LogP contribution >= 0.6 is 0 Å². The van der Waals surface area contributed by atoms with Crippen molar-refractivity contribution < 1.29 is 14.1 Å². The van der Waals surface area contributed by atoms with Crippen LogP contribution in [0.4, 0.5) is 0 Å². The Labute approximate surface area is 123 Å². The Hall–Kier alpha value is -1.72. The molecule has 2 amide bonds. The summed E-state index contributed by atoms with van der Waals surface area (Å²) in [5, 5.41) is 3.87. The molecule has 6 heteroatoms. The van der Waals surface area contributed by atoms with Gasteiger partial charge in [-0.3, -0.25) is 14.5 Å². The van der Waals surface area contributed by atoms with Crippen molar-refractivity contribution in [2.75, 3.05) is 0 Å². The zero-order valence-electron chi connectivity index (χ0n) is 12.4. The maximum atomic E-state index is 12.6. The second kappa shape index (κ2) is 5.58. The SMILES string of the molecule is CCCc1noc(CN2C(=O)CC3(CCCCC3)C2=O)n1. The number of hydrogen-bond donors (Lipinski definition) is 0. The van der Waals surface area contributed by atoms with Crippen molar-refractivity contribution in [2.24, 2.45) is 5.41 Å². The molecule has 0 atom stereocenters. The number of carbonyl (C=O) groups excluding carboxylic acids is 2. The monoisotopic (exact) mass is 291 g/mol. The maximum Gasteiger partial charge on any atom is 0.246 e. The van der Waals surface area contributed by atoms with Crippen LogP contribution in [0.3, 0.4) is 0 Å². The molecule has 0 radical (unpaired) electrons. The minimum atomic E-state index is -0.443. The number of nitrogens with zero attached hydrogens (tertiary/aromatic N) is 3. The Morgan fingerprint density at radius 3 is 2.71 bits per heavy atom. The molecule has 114 valence electrons. The van der Waals surface area contributed by atoms with Crippen molar-refractivity contribution >= 4 is 11.8 Å². The van der Waals surface area contributed by atoms with E-state index in [1.54, 1.807) is 0 Å². The van der Waals surface area contributed by atoms with E-state index in [4.69, 9.17) is 4.52 Å². The average molecular weight is 291 g/mol. The van der Waals surface area contributed by atoms with Crippen molar-refractivity contribution in [3.05, 3.63) is 11.7 Å². The lowest BCUT2D eigenvalue weighted by Gasteiger charge is -2.30. The van der Waals surface area contributed by atoms with Gasteiger partial charge in [-0.05, 0) is 19.3 Å². The highest BCUT2D eigenvalue weighted by atomic mass is 16.5. The van der Waals surface area contributed by atoms with Gasteiger partial charge < -0.3 is 4.52 Å². The van der Waals surface area contributed by atoms with E-state index >= 15 is 0 Å². The summed E-state index contributed by atoms with van der Waals surface area (Å²) in [4.78, 5) is 30.4. The summed E-state index contributed by atoms with van der Waals surface area (Å²) in [6.07, 6.45) is 6.92. The fourth-order valence-electron chi connectivity index (χ4n) is 3.45. The van der Waals surface area contributed by atoms with Gasteiger partial charge >= 0.3 is 0 Å². The van der Waals surface area contributed by atoms with Gasteiger partial charge in [0.15, 0.2) is 5.82 Å². The van der Waals surface area contributed by atoms with Gasteiger partial charge in [-0.2, -0.15) is 4.98 Å². The Balaban J connectivity index is 1.72. The molecule has 1 aliphatic carbocycles. The highest BCUT2D eigenvalue weighted by molar-refractivity contribution is 6.05. The van der Waals surface area contributed by atoms with Crippen LogP contribution in [0.2, 0.25) is 0 Å². The van der Waals surface area contributed by atoms with Crippen LogP contribution in [0, 0.1) is 5.41 Å². The molecule has 2 aliphatic rings. The van der Waals surface area contributed by atoms with E-state index in [0.717, 1.165) is 44.9 Å². The summed E-state index contributed by atoms with van der Waals surface area (Å²) in [6, 6.07) is 0. The molecular weight excluding hydrogens is 270 g/mol. The van der Waals surface area contributed by atoms with Gasteiger partial charge in [0.25, 0.3) is 0 Å². The standard InChI is InChI=1S/C15H21N3O3/c1-2-6-11-16-12(21-17-11)10-18-13(19)9-15(14(18)20)7-4-3-5-8-15/h2-10H2,1H3. The first-order valence-corrected chi connectivity index (χ1v) is 7.81. The smallest absolute Gasteiger partial charge is 0.246 e. The van der Waals surface area contributed by atoms with E-state index in [2.05, 4.69) is 10.1 Å². The first kappa shape index (κ1) is 14.2. The highest BCUT2D eigenvalue weighted by Gasteiger charge is 2.51. The molecule has 1 saturated carbocycles. The number of amides is 2. The molecule has 1 aromatic heterocycles. The summed E-state index contributed by atoms with van der Waals surface area (Å²) in [6.45, 7) is 2.16. The fourth-order valence-corrected chi connectivity index (χ4v) is 3.45. The Kier molecular flexibility index (Phi) is 3.78. The van der Waals surface area contributed by atoms with Crippen LogP contribution in [0.25, 0.3) is 0 Å². The number of hydrogen-bond acceptors (Lipinski definition) is 5. The van der Waals surface area contributed by atoms with Crippen LogP contribution in [-0.4, -0.2) is 26.9 Å². The molecule has 6 nitrogen and oxygen atoms in total. The largest absolute Gasteiger partial charge is 0.337 e. The third kappa shape index (κ3) is 2.59. The number of carbonyl (C=O) groups is 2. The Morgan fingerprint density at radius 2 is 2.00 bits per heavy atom. The van der Waals surface area contributed by atoms with Gasteiger partial charge in [0.05, 0.1) is 5.41 Å². The molecule has 2 heterocycles. The van der Waals surface area contributed by atoms with Gasteiger partial charge in [-0.15, -0.1) is 0 Å². The van der Waals surface area contributed by atoms with Gasteiger partial charge in [-0.1, -0.05) is 31.3 Å². The minimum Gasteiger partial charge on any atom is -0.337 e. The van der Waals surface area contributed by atoms with E-state index in [-0.39, 0.29) is 18.4 Å². The van der Waals surface area contributed by atoms with Crippen molar-refractivity contribution in [3.8, 4) is 0 Å². The lowest BCUT2D eigenvalue weighted by Crippen LogP contribution is -2.36. The molecule has 2 fully saturated rings. The zero-order chi connectivity index (χ0) is 14.9. The van der Waals surface area contributed by atoms with E-state index in [1.807, 2.05) is 6.92 Å². The maximum absolute atomic E-state index is 12.6. The summed E-state index contributed by atoms with van der Waals surface area (Å²) in [5.74, 6) is 0.853. The number of imide groups is 1. The molecule has 0 N–H and O–H groups in total. The third-order valence-electron chi connectivity index (χ3n) is 4.58. The van der Waals surface area contributed by atoms with E-state index in [9.17, 15) is 9.59 Å². The third-order valence-corrected chi connectivity index (χ3v) is 4.58. The van der Waals surface area contributed by atoms with Crippen LogP contribution in [0.5, 0.6) is 0 Å². The molecule has 1 saturated heterocycles. The van der Waals surface area contributed by atoms with Crippen LogP contribution in [-0.2, 0) is 22.6 Å². The van der Waals surface area contributed by atoms with Crippen molar-refractivity contribution in [2.45, 2.75) is 64.8 Å². The second-order valence-corrected chi connectivity index (χ2v) is 6.16. The van der Waals surface area contributed by atoms with Crippen LogP contribution in [0.1, 0.15) is 63.6 Å². The molecule has 1 aliphatic heterocycles. The zero-order valence-corrected chi connectivity index (χ0v) is 12.4. The number of likely N-dealkylation sites (tertiary alicyclic amines) is 1. The summed E-state index contributed by atoms with van der Waals surface area (Å²) < 4.78 is 5.14. The van der Waals surface area contributed by atoms with Gasteiger partial charge in [0, 0.05) is 12.8 Å². The quantitative estimate of drug-likeness (QED) is 0.795. The molecule has 1 aromatic rings. The van der Waals surface area contributed by atoms with Crippen LogP contribution in [0.15, 0.2) is 4.52 Å². The van der Waals surface area contributed by atoms with Crippen LogP contribution < -0.4 is 0 Å². The summed E-state index contributed by atoms with van der Waals surface area (Å²) in [5.41, 5.74) is -0.443. The number of rotatable bonds is 4. The topological polar surface area (TPSA) is 76.3 Å². The van der Waals surface area contributed by atoms with E-state index in [1.165, 1.54) is 4.90 Å². The Bertz CT molecular complexity index is 546. The minimum absolute atomic E-state index is 0.0394. The predicted molar refractivity (Wildman–Crippen MR) is 74.0 cm³/mol. The summed E-state index contributed by atoms with van der Waals surface area (Å²) in [7, 11) is 0. The number of aromatic nitrogens is 2. The lowest BCUT2D eigenvalue weighted by atomic mass is 9.73. The van der Waals surface area contributed by atoms with Gasteiger partial charge in [-0.25, -0.2) is 0 Å². The fraction of sp³-hybridized carbons (Fsp3) is 0.733. The van der Waals surface area contributed by atoms with Gasteiger partial charge in [0.1, 0.15) is 6.54 Å². The lowest BCUT2D eigenvalue weighted by molar-refractivity contribution is -0.143. The Morgan fingerprint density at radius 1 is 1.24 bits per heavy atom. The molecular formula is C15H21N3O3. The summed E-state index contributed by atoms with van der Waals surface area (Å²) >= 11 is 0. The highest BCUT2D eigenvalue weighted by Crippen LogP contribution is 2.45. The molecule has 21 heavy (non-hydrogen) atoms. The second-order valence-electron chi connectivity index (χ2n) is 6.16. The molecule has 0 unspecified atom stereocenters. The van der Waals surface area contributed by atoms with E-state index < -0.39 is 5.41 Å². The molecule has 0 bridgehead atoms. The predicted octanol–water partition coefficient (Wildman–Crippen LogP) is 2.23. The first-order chi connectivity index (χ1) is 10.1. The first-order valence-electron chi connectivity index (χ1n) is 7.81. The van der Waals surface area contributed by atoms with Crippen molar-refractivity contribution in [1.82, 2.24) is 15.0 Å². The molecule has 1 spiro atoms. The average Bonchev–Trinajstić information content (AvgIpc) is 3.00.